The Morgan fingerprint density at radius 3 is 2.88 bits per heavy atom. The number of hydrogen-bond donors (Lipinski definition) is 1. The zero-order valence-corrected chi connectivity index (χ0v) is 13.3. The van der Waals surface area contributed by atoms with E-state index in [1.54, 1.807) is 0 Å². The maximum atomic E-state index is 12.9. The number of amidine groups is 1. The van der Waals surface area contributed by atoms with Crippen LogP contribution in [-0.4, -0.2) is 36.7 Å². The number of nitrogens with one attached hydrogen (secondary N) is 1. The molecule has 8 nitrogen and oxygen atoms in total. The Morgan fingerprint density at radius 2 is 2.12 bits per heavy atom. The van der Waals surface area contributed by atoms with Gasteiger partial charge in [0.2, 0.25) is 0 Å². The number of nitrogens with zero attached hydrogens (tertiary/aromatic N) is 2. The van der Waals surface area contributed by atoms with Gasteiger partial charge in [-0.25, -0.2) is 4.79 Å². The molecule has 0 aromatic heterocycles. The van der Waals surface area contributed by atoms with E-state index >= 15 is 0 Å². The van der Waals surface area contributed by atoms with Crippen LogP contribution >= 0.6 is 11.8 Å². The molecule has 2 aliphatic heterocycles. The fourth-order valence-corrected chi connectivity index (χ4v) is 2.57. The largest absolute Gasteiger partial charge is 0.586 e. The highest BCUT2D eigenvalue weighted by Gasteiger charge is 2.43. The number of carbonyl (C=O) groups excluding carboxylic acids is 2. The first kappa shape index (κ1) is 16.9. The lowest BCUT2D eigenvalue weighted by atomic mass is 10.2. The Hall–Kier alpha value is -2.95. The van der Waals surface area contributed by atoms with E-state index < -0.39 is 18.2 Å². The van der Waals surface area contributed by atoms with E-state index in [0.717, 1.165) is 17.8 Å². The van der Waals surface area contributed by atoms with E-state index in [2.05, 4.69) is 29.7 Å². The van der Waals surface area contributed by atoms with E-state index in [4.69, 9.17) is 0 Å². The van der Waals surface area contributed by atoms with Crippen molar-refractivity contribution in [2.24, 2.45) is 10.2 Å². The van der Waals surface area contributed by atoms with Gasteiger partial charge in [-0.1, -0.05) is 0 Å². The number of hydrogen-bond acceptors (Lipinski definition) is 8. The Labute approximate surface area is 143 Å². The maximum absolute atomic E-state index is 12.9. The summed E-state index contributed by atoms with van der Waals surface area (Å²) in [6.07, 6.45) is -1.38. The van der Waals surface area contributed by atoms with E-state index in [1.165, 1.54) is 31.5 Å². The monoisotopic (exact) mass is 369 g/mol. The van der Waals surface area contributed by atoms with Crippen molar-refractivity contribution in [1.82, 2.24) is 5.32 Å². The maximum Gasteiger partial charge on any atom is 0.586 e. The third kappa shape index (κ3) is 3.94. The third-order valence-electron chi connectivity index (χ3n) is 2.88. The number of rotatable bonds is 3. The average Bonchev–Trinajstić information content (AvgIpc) is 3.04. The predicted octanol–water partition coefficient (Wildman–Crippen LogP) is 1.62. The molecule has 0 unspecified atom stereocenters. The fraction of sp³-hybridized carbons (Fsp3) is 0.143. The quantitative estimate of drug-likeness (QED) is 0.376. The van der Waals surface area contributed by atoms with Crippen LogP contribution in [0.2, 0.25) is 0 Å². The Balaban J connectivity index is 1.68. The molecule has 1 fully saturated rings. The van der Waals surface area contributed by atoms with Crippen molar-refractivity contribution in [3.63, 3.8) is 0 Å². The number of halogens is 2. The minimum Gasteiger partial charge on any atom is -0.466 e. The molecule has 0 aliphatic carbocycles. The van der Waals surface area contributed by atoms with Crippen molar-refractivity contribution in [1.29, 1.82) is 0 Å². The number of amides is 1. The summed E-state index contributed by atoms with van der Waals surface area (Å²) in [6.45, 7) is 0. The highest BCUT2D eigenvalue weighted by Crippen LogP contribution is 2.40. The first-order valence-corrected chi connectivity index (χ1v) is 7.48. The Bertz CT molecular complexity index is 838. The van der Waals surface area contributed by atoms with Crippen molar-refractivity contribution >= 4 is 35.0 Å². The van der Waals surface area contributed by atoms with Crippen LogP contribution in [0.15, 0.2) is 39.4 Å². The number of carbonyl (C=O) groups is 2. The van der Waals surface area contributed by atoms with Crippen molar-refractivity contribution < 1.29 is 32.6 Å². The zero-order valence-electron chi connectivity index (χ0n) is 12.5. The molecular formula is C14H9F2N3O5S. The van der Waals surface area contributed by atoms with Crippen LogP contribution < -0.4 is 14.8 Å². The molecule has 11 heteroatoms. The molecule has 1 aromatic rings. The summed E-state index contributed by atoms with van der Waals surface area (Å²) in [6, 6.07) is 4.10. The van der Waals surface area contributed by atoms with Gasteiger partial charge in [-0.05, 0) is 35.5 Å². The Kier molecular flexibility index (Phi) is 4.40. The lowest BCUT2D eigenvalue weighted by molar-refractivity contribution is -0.286. The average molecular weight is 369 g/mol. The molecule has 0 saturated carbocycles. The lowest BCUT2D eigenvalue weighted by Crippen LogP contribution is -2.25. The number of benzene rings is 1. The van der Waals surface area contributed by atoms with Gasteiger partial charge in [-0.2, -0.15) is 5.10 Å². The van der Waals surface area contributed by atoms with Gasteiger partial charge < -0.3 is 14.2 Å². The van der Waals surface area contributed by atoms with E-state index in [9.17, 15) is 18.4 Å². The number of ether oxygens (including phenoxy) is 3. The Morgan fingerprint density at radius 1 is 1.36 bits per heavy atom. The number of thioether (sulfide) groups is 1. The summed E-state index contributed by atoms with van der Waals surface area (Å²) < 4.78 is 38.9. The predicted molar refractivity (Wildman–Crippen MR) is 83.5 cm³/mol. The van der Waals surface area contributed by atoms with Crippen LogP contribution in [-0.2, 0) is 14.3 Å². The molecule has 0 atom stereocenters. The first-order valence-electron chi connectivity index (χ1n) is 6.66. The molecule has 0 bridgehead atoms. The van der Waals surface area contributed by atoms with Crippen molar-refractivity contribution in [2.45, 2.75) is 6.29 Å². The second kappa shape index (κ2) is 6.51. The normalized spacial score (nSPS) is 21.2. The number of esters is 1. The molecular weight excluding hydrogens is 360 g/mol. The van der Waals surface area contributed by atoms with Crippen LogP contribution in [0.5, 0.6) is 11.5 Å². The van der Waals surface area contributed by atoms with Crippen molar-refractivity contribution in [3.8, 4) is 11.5 Å². The molecule has 0 spiro atoms. The molecule has 1 N–H and O–H groups in total. The standard InChI is InChI=1S/C14H9F2N3O5S/c1-22-11(20)5-10-12(21)18-13(25-10)19-17-6-7-2-3-8-9(4-7)24-14(15,16)23-8/h2-6H,1H3,(H,18,19,21)/b10-5+,17-6?. The van der Waals surface area contributed by atoms with Gasteiger partial charge >= 0.3 is 12.3 Å². The summed E-state index contributed by atoms with van der Waals surface area (Å²) in [5.41, 5.74) is 0.434. The molecule has 3 rings (SSSR count). The van der Waals surface area contributed by atoms with Gasteiger partial charge in [0.25, 0.3) is 5.91 Å². The van der Waals surface area contributed by atoms with E-state index in [-0.39, 0.29) is 21.6 Å². The highest BCUT2D eigenvalue weighted by molar-refractivity contribution is 8.18. The summed E-state index contributed by atoms with van der Waals surface area (Å²) in [5.74, 6) is -1.37. The van der Waals surface area contributed by atoms with Crippen LogP contribution in [0.25, 0.3) is 0 Å². The highest BCUT2D eigenvalue weighted by atomic mass is 32.2. The van der Waals surface area contributed by atoms with Gasteiger partial charge in [0.05, 0.1) is 18.2 Å². The van der Waals surface area contributed by atoms with Crippen LogP contribution in [0.1, 0.15) is 5.56 Å². The molecule has 25 heavy (non-hydrogen) atoms. The lowest BCUT2D eigenvalue weighted by Gasteiger charge is -2.04. The molecule has 1 aromatic carbocycles. The van der Waals surface area contributed by atoms with E-state index in [0.29, 0.717) is 5.56 Å². The van der Waals surface area contributed by atoms with Gasteiger partial charge in [0, 0.05) is 6.08 Å². The number of methoxy groups -OCH3 is 1. The number of alkyl halides is 2. The molecule has 0 radical (unpaired) electrons. The zero-order chi connectivity index (χ0) is 18.0. The van der Waals surface area contributed by atoms with Crippen LogP contribution in [0.3, 0.4) is 0 Å². The summed E-state index contributed by atoms with van der Waals surface area (Å²) in [5, 5.41) is 10.1. The molecule has 2 heterocycles. The van der Waals surface area contributed by atoms with Gasteiger partial charge in [-0.15, -0.1) is 13.9 Å². The summed E-state index contributed by atoms with van der Waals surface area (Å²) >= 11 is 0.909. The van der Waals surface area contributed by atoms with E-state index in [1.807, 2.05) is 0 Å². The molecule has 1 amide bonds. The van der Waals surface area contributed by atoms with Crippen molar-refractivity contribution in [2.75, 3.05) is 7.11 Å². The number of fused-ring (bicyclic) bond motifs is 1. The second-order valence-electron chi connectivity index (χ2n) is 4.61. The third-order valence-corrected chi connectivity index (χ3v) is 3.78. The molecule has 2 aliphatic rings. The topological polar surface area (TPSA) is 98.6 Å². The minimum absolute atomic E-state index is 0.0790. The smallest absolute Gasteiger partial charge is 0.466 e. The summed E-state index contributed by atoms with van der Waals surface area (Å²) in [4.78, 5) is 22.9. The minimum atomic E-state index is -3.69. The molecule has 1 saturated heterocycles. The van der Waals surface area contributed by atoms with Crippen LogP contribution in [0, 0.1) is 0 Å². The first-order chi connectivity index (χ1) is 11.9. The fourth-order valence-electron chi connectivity index (χ4n) is 1.83. The summed E-state index contributed by atoms with van der Waals surface area (Å²) in [7, 11) is 1.19. The van der Waals surface area contributed by atoms with Crippen molar-refractivity contribution in [3.05, 3.63) is 34.7 Å². The van der Waals surface area contributed by atoms with Gasteiger partial charge in [-0.3, -0.25) is 10.1 Å². The molecule has 130 valence electrons. The SMILES string of the molecule is COC(=O)/C=C1/S/C(=N\N=Cc2ccc3c(c2)OC(F)(F)O3)NC1=O. The van der Waals surface area contributed by atoms with Crippen LogP contribution in [0.4, 0.5) is 8.78 Å². The van der Waals surface area contributed by atoms with Gasteiger partial charge in [0.1, 0.15) is 0 Å². The van der Waals surface area contributed by atoms with Gasteiger partial charge in [0.15, 0.2) is 16.7 Å². The second-order valence-corrected chi connectivity index (χ2v) is 5.64.